The SMILES string of the molecule is O=C(/C=C/c1ccccc1)N1C[C@@H]2CCC[C@@H]21. The molecule has 1 saturated carbocycles. The quantitative estimate of drug-likeness (QED) is 0.711. The van der Waals surface area contributed by atoms with Gasteiger partial charge in [0.2, 0.25) is 5.91 Å². The Balaban J connectivity index is 1.62. The number of benzene rings is 1. The lowest BCUT2D eigenvalue weighted by atomic mass is 9.92. The minimum Gasteiger partial charge on any atom is -0.335 e. The van der Waals surface area contributed by atoms with Gasteiger partial charge < -0.3 is 4.90 Å². The molecule has 2 aliphatic rings. The van der Waals surface area contributed by atoms with E-state index in [4.69, 9.17) is 0 Å². The monoisotopic (exact) mass is 227 g/mol. The molecule has 0 unspecified atom stereocenters. The van der Waals surface area contributed by atoms with Gasteiger partial charge in [-0.1, -0.05) is 36.8 Å². The lowest BCUT2D eigenvalue weighted by molar-refractivity contribution is -0.136. The molecule has 0 radical (unpaired) electrons. The number of rotatable bonds is 2. The largest absolute Gasteiger partial charge is 0.335 e. The van der Waals surface area contributed by atoms with E-state index in [1.807, 2.05) is 41.3 Å². The summed E-state index contributed by atoms with van der Waals surface area (Å²) in [5, 5.41) is 0. The van der Waals surface area contributed by atoms with Crippen molar-refractivity contribution < 1.29 is 4.79 Å². The number of likely N-dealkylation sites (tertiary alicyclic amines) is 1. The van der Waals surface area contributed by atoms with Gasteiger partial charge in [-0.15, -0.1) is 0 Å². The molecule has 17 heavy (non-hydrogen) atoms. The first-order valence-corrected chi connectivity index (χ1v) is 6.38. The molecular formula is C15H17NO. The summed E-state index contributed by atoms with van der Waals surface area (Å²) < 4.78 is 0. The van der Waals surface area contributed by atoms with Gasteiger partial charge in [0.25, 0.3) is 0 Å². The van der Waals surface area contributed by atoms with Gasteiger partial charge in [0.1, 0.15) is 0 Å². The highest BCUT2D eigenvalue weighted by Gasteiger charge is 2.43. The fourth-order valence-corrected chi connectivity index (χ4v) is 2.97. The Bertz CT molecular complexity index is 437. The Morgan fingerprint density at radius 3 is 2.82 bits per heavy atom. The van der Waals surface area contributed by atoms with Gasteiger partial charge in [-0.25, -0.2) is 0 Å². The third kappa shape index (κ3) is 1.99. The molecule has 2 atom stereocenters. The summed E-state index contributed by atoms with van der Waals surface area (Å²) in [5.74, 6) is 0.973. The highest BCUT2D eigenvalue weighted by molar-refractivity contribution is 5.92. The van der Waals surface area contributed by atoms with Crippen LogP contribution in [0.1, 0.15) is 24.8 Å². The van der Waals surface area contributed by atoms with E-state index < -0.39 is 0 Å². The molecule has 2 fully saturated rings. The van der Waals surface area contributed by atoms with E-state index in [1.165, 1.54) is 19.3 Å². The van der Waals surface area contributed by atoms with Gasteiger partial charge in [0, 0.05) is 18.7 Å². The maximum absolute atomic E-state index is 12.0. The van der Waals surface area contributed by atoms with E-state index >= 15 is 0 Å². The van der Waals surface area contributed by atoms with E-state index in [1.54, 1.807) is 6.08 Å². The van der Waals surface area contributed by atoms with E-state index in [9.17, 15) is 4.79 Å². The zero-order valence-electron chi connectivity index (χ0n) is 9.88. The second-order valence-electron chi connectivity index (χ2n) is 4.99. The topological polar surface area (TPSA) is 20.3 Å². The predicted octanol–water partition coefficient (Wildman–Crippen LogP) is 2.71. The van der Waals surface area contributed by atoms with Crippen LogP contribution in [-0.4, -0.2) is 23.4 Å². The summed E-state index contributed by atoms with van der Waals surface area (Å²) in [6, 6.07) is 10.5. The van der Waals surface area contributed by atoms with Crippen LogP contribution in [0, 0.1) is 5.92 Å². The van der Waals surface area contributed by atoms with Crippen LogP contribution in [0.15, 0.2) is 36.4 Å². The van der Waals surface area contributed by atoms with E-state index in [0.717, 1.165) is 18.0 Å². The van der Waals surface area contributed by atoms with Gasteiger partial charge in [-0.2, -0.15) is 0 Å². The average Bonchev–Trinajstić information content (AvgIpc) is 2.70. The van der Waals surface area contributed by atoms with Crippen LogP contribution in [0.3, 0.4) is 0 Å². The summed E-state index contributed by atoms with van der Waals surface area (Å²) >= 11 is 0. The van der Waals surface area contributed by atoms with Gasteiger partial charge in [-0.05, 0) is 30.4 Å². The van der Waals surface area contributed by atoms with Crippen molar-refractivity contribution in [1.29, 1.82) is 0 Å². The maximum Gasteiger partial charge on any atom is 0.246 e. The molecule has 1 aromatic rings. The fourth-order valence-electron chi connectivity index (χ4n) is 2.97. The Labute approximate surface area is 102 Å². The number of hydrogen-bond donors (Lipinski definition) is 0. The number of hydrogen-bond acceptors (Lipinski definition) is 1. The van der Waals surface area contributed by atoms with Crippen LogP contribution in [0.4, 0.5) is 0 Å². The van der Waals surface area contributed by atoms with Crippen molar-refractivity contribution in [3.05, 3.63) is 42.0 Å². The molecule has 0 N–H and O–H groups in total. The van der Waals surface area contributed by atoms with Crippen molar-refractivity contribution in [3.63, 3.8) is 0 Å². The smallest absolute Gasteiger partial charge is 0.246 e. The van der Waals surface area contributed by atoms with Crippen LogP contribution < -0.4 is 0 Å². The standard InChI is InChI=1S/C15H17NO/c17-15(10-9-12-5-2-1-3-6-12)16-11-13-7-4-8-14(13)16/h1-3,5-6,9-10,13-14H,4,7-8,11H2/b10-9+/t13-,14-/m0/s1. The van der Waals surface area contributed by atoms with Gasteiger partial charge >= 0.3 is 0 Å². The normalized spacial score (nSPS) is 26.9. The summed E-state index contributed by atoms with van der Waals surface area (Å²) in [6.45, 7) is 0.975. The predicted molar refractivity (Wildman–Crippen MR) is 68.3 cm³/mol. The average molecular weight is 227 g/mol. The van der Waals surface area contributed by atoms with Crippen molar-refractivity contribution in [2.75, 3.05) is 6.54 Å². The highest BCUT2D eigenvalue weighted by Crippen LogP contribution is 2.38. The number of carbonyl (C=O) groups is 1. The Hall–Kier alpha value is -1.57. The van der Waals surface area contributed by atoms with Crippen LogP contribution >= 0.6 is 0 Å². The molecule has 1 saturated heterocycles. The molecular weight excluding hydrogens is 210 g/mol. The van der Waals surface area contributed by atoms with E-state index in [2.05, 4.69) is 0 Å². The second kappa shape index (κ2) is 4.36. The molecule has 1 amide bonds. The Kier molecular flexibility index (Phi) is 2.71. The minimum atomic E-state index is 0.178. The van der Waals surface area contributed by atoms with Crippen molar-refractivity contribution >= 4 is 12.0 Å². The van der Waals surface area contributed by atoms with Gasteiger partial charge in [-0.3, -0.25) is 4.79 Å². The van der Waals surface area contributed by atoms with Crippen LogP contribution in [0.5, 0.6) is 0 Å². The summed E-state index contributed by atoms with van der Waals surface area (Å²) in [5.41, 5.74) is 1.09. The molecule has 0 aromatic heterocycles. The molecule has 1 aliphatic heterocycles. The molecule has 88 valence electrons. The Morgan fingerprint density at radius 1 is 1.24 bits per heavy atom. The third-order valence-corrected chi connectivity index (χ3v) is 3.95. The van der Waals surface area contributed by atoms with Crippen molar-refractivity contribution in [1.82, 2.24) is 4.90 Å². The zero-order valence-corrected chi connectivity index (χ0v) is 9.88. The molecule has 2 nitrogen and oxygen atoms in total. The van der Waals surface area contributed by atoms with Crippen LogP contribution in [-0.2, 0) is 4.79 Å². The number of nitrogens with zero attached hydrogens (tertiary/aromatic N) is 1. The molecule has 1 aromatic carbocycles. The second-order valence-corrected chi connectivity index (χ2v) is 4.99. The van der Waals surface area contributed by atoms with Crippen LogP contribution in [0.2, 0.25) is 0 Å². The first-order chi connectivity index (χ1) is 8.34. The molecule has 3 rings (SSSR count). The summed E-state index contributed by atoms with van der Waals surface area (Å²) in [4.78, 5) is 14.0. The number of fused-ring (bicyclic) bond motifs is 1. The van der Waals surface area contributed by atoms with Crippen LogP contribution in [0.25, 0.3) is 6.08 Å². The molecule has 1 heterocycles. The number of amides is 1. The fraction of sp³-hybridized carbons (Fsp3) is 0.400. The number of carbonyl (C=O) groups excluding carboxylic acids is 1. The van der Waals surface area contributed by atoms with Gasteiger partial charge in [0.15, 0.2) is 0 Å². The Morgan fingerprint density at radius 2 is 2.06 bits per heavy atom. The highest BCUT2D eigenvalue weighted by atomic mass is 16.2. The van der Waals surface area contributed by atoms with E-state index in [-0.39, 0.29) is 5.91 Å². The van der Waals surface area contributed by atoms with Crippen molar-refractivity contribution in [2.24, 2.45) is 5.92 Å². The summed E-state index contributed by atoms with van der Waals surface area (Å²) in [7, 11) is 0. The lowest BCUT2D eigenvalue weighted by Crippen LogP contribution is -2.55. The molecule has 0 bridgehead atoms. The third-order valence-electron chi connectivity index (χ3n) is 3.95. The molecule has 2 heteroatoms. The van der Waals surface area contributed by atoms with Crippen molar-refractivity contribution in [3.8, 4) is 0 Å². The zero-order chi connectivity index (χ0) is 11.7. The van der Waals surface area contributed by atoms with Crippen molar-refractivity contribution in [2.45, 2.75) is 25.3 Å². The molecule has 0 spiro atoms. The first-order valence-electron chi connectivity index (χ1n) is 6.38. The summed E-state index contributed by atoms with van der Waals surface area (Å²) in [6.07, 6.45) is 7.43. The maximum atomic E-state index is 12.0. The lowest BCUT2D eigenvalue weighted by Gasteiger charge is -2.44. The first kappa shape index (κ1) is 10.6. The van der Waals surface area contributed by atoms with E-state index in [0.29, 0.717) is 6.04 Å². The molecule has 1 aliphatic carbocycles. The minimum absolute atomic E-state index is 0.178. The van der Waals surface area contributed by atoms with Gasteiger partial charge in [0.05, 0.1) is 0 Å².